The molecule has 2 unspecified atom stereocenters. The Bertz CT molecular complexity index is 394. The van der Waals surface area contributed by atoms with E-state index in [1.807, 2.05) is 0 Å². The van der Waals surface area contributed by atoms with Gasteiger partial charge in [0, 0.05) is 6.61 Å². The van der Waals surface area contributed by atoms with Gasteiger partial charge in [-0.25, -0.2) is 0 Å². The van der Waals surface area contributed by atoms with Crippen molar-refractivity contribution in [1.82, 2.24) is 5.43 Å². The van der Waals surface area contributed by atoms with Crippen LogP contribution in [0.1, 0.15) is 50.7 Å². The molecule has 0 saturated carbocycles. The minimum absolute atomic E-state index is 0.133. The van der Waals surface area contributed by atoms with E-state index in [1.165, 1.54) is 11.1 Å². The van der Waals surface area contributed by atoms with Crippen LogP contribution >= 0.6 is 0 Å². The summed E-state index contributed by atoms with van der Waals surface area (Å²) in [4.78, 5) is 0. The molecular formula is C16H26N2O. The van der Waals surface area contributed by atoms with E-state index in [0.29, 0.717) is 5.92 Å². The molecule has 3 N–H and O–H groups in total. The lowest BCUT2D eigenvalue weighted by Gasteiger charge is -2.33. The lowest BCUT2D eigenvalue weighted by atomic mass is 9.88. The van der Waals surface area contributed by atoms with Crippen molar-refractivity contribution in [2.24, 2.45) is 5.84 Å². The van der Waals surface area contributed by atoms with E-state index in [1.54, 1.807) is 0 Å². The minimum atomic E-state index is -0.133. The maximum Gasteiger partial charge on any atom is 0.0824 e. The van der Waals surface area contributed by atoms with Crippen molar-refractivity contribution in [3.8, 4) is 0 Å². The Morgan fingerprint density at radius 3 is 2.47 bits per heavy atom. The molecule has 1 aromatic carbocycles. The monoisotopic (exact) mass is 262 g/mol. The standard InChI is InChI=1S/C16H26N2O/c1-12(2)14-7-5-13(6-8-14)11-15(18-17)16(3)9-4-10-19-16/h5-8,12,15,18H,4,9-11,17H2,1-3H3. The highest BCUT2D eigenvalue weighted by molar-refractivity contribution is 5.25. The Kier molecular flexibility index (Phi) is 4.61. The molecule has 1 aliphatic rings. The van der Waals surface area contributed by atoms with Crippen LogP contribution in [0.2, 0.25) is 0 Å². The molecule has 0 spiro atoms. The van der Waals surface area contributed by atoms with Crippen molar-refractivity contribution in [3.63, 3.8) is 0 Å². The highest BCUT2D eigenvalue weighted by atomic mass is 16.5. The van der Waals surface area contributed by atoms with Crippen LogP contribution in [0.15, 0.2) is 24.3 Å². The van der Waals surface area contributed by atoms with Crippen LogP contribution in [-0.2, 0) is 11.2 Å². The molecule has 19 heavy (non-hydrogen) atoms. The topological polar surface area (TPSA) is 47.3 Å². The summed E-state index contributed by atoms with van der Waals surface area (Å²) in [5.41, 5.74) is 5.50. The normalized spacial score (nSPS) is 24.9. The Balaban J connectivity index is 2.05. The summed E-state index contributed by atoms with van der Waals surface area (Å²) in [6.45, 7) is 7.44. The van der Waals surface area contributed by atoms with E-state index in [4.69, 9.17) is 10.6 Å². The predicted molar refractivity (Wildman–Crippen MR) is 78.9 cm³/mol. The van der Waals surface area contributed by atoms with E-state index in [0.717, 1.165) is 25.9 Å². The first-order chi connectivity index (χ1) is 9.05. The molecular weight excluding hydrogens is 236 g/mol. The molecule has 106 valence electrons. The molecule has 0 aromatic heterocycles. The maximum absolute atomic E-state index is 5.89. The number of hydrogen-bond donors (Lipinski definition) is 2. The van der Waals surface area contributed by atoms with Crippen LogP contribution in [0.5, 0.6) is 0 Å². The van der Waals surface area contributed by atoms with Gasteiger partial charge in [-0.1, -0.05) is 38.1 Å². The highest BCUT2D eigenvalue weighted by Gasteiger charge is 2.37. The number of ether oxygens (including phenoxy) is 1. The summed E-state index contributed by atoms with van der Waals surface area (Å²) in [5, 5.41) is 0. The fraction of sp³-hybridized carbons (Fsp3) is 0.625. The molecule has 2 atom stereocenters. The van der Waals surface area contributed by atoms with Gasteiger partial charge in [-0.3, -0.25) is 11.3 Å². The second-order valence-corrected chi connectivity index (χ2v) is 6.08. The third kappa shape index (κ3) is 3.35. The average Bonchev–Trinajstić information content (AvgIpc) is 2.84. The molecule has 1 aliphatic heterocycles. The second kappa shape index (κ2) is 6.04. The van der Waals surface area contributed by atoms with Crippen molar-refractivity contribution in [1.29, 1.82) is 0 Å². The Labute approximate surface area is 116 Å². The number of nitrogens with two attached hydrogens (primary N) is 1. The van der Waals surface area contributed by atoms with Crippen LogP contribution in [0.25, 0.3) is 0 Å². The molecule has 0 amide bonds. The zero-order chi connectivity index (χ0) is 13.9. The van der Waals surface area contributed by atoms with E-state index < -0.39 is 0 Å². The predicted octanol–water partition coefficient (Wildman–Crippen LogP) is 2.75. The van der Waals surface area contributed by atoms with E-state index >= 15 is 0 Å². The van der Waals surface area contributed by atoms with Gasteiger partial charge in [-0.2, -0.15) is 0 Å². The molecule has 3 nitrogen and oxygen atoms in total. The molecule has 0 radical (unpaired) electrons. The summed E-state index contributed by atoms with van der Waals surface area (Å²) < 4.78 is 5.89. The lowest BCUT2D eigenvalue weighted by Crippen LogP contribution is -2.52. The molecule has 2 rings (SSSR count). The molecule has 1 saturated heterocycles. The van der Waals surface area contributed by atoms with Crippen molar-refractivity contribution >= 4 is 0 Å². The molecule has 3 heteroatoms. The lowest BCUT2D eigenvalue weighted by molar-refractivity contribution is -0.0115. The van der Waals surface area contributed by atoms with Crippen LogP contribution in [0.4, 0.5) is 0 Å². The van der Waals surface area contributed by atoms with E-state index in [2.05, 4.69) is 50.5 Å². The largest absolute Gasteiger partial charge is 0.374 e. The first-order valence-electron chi connectivity index (χ1n) is 7.24. The maximum atomic E-state index is 5.89. The summed E-state index contributed by atoms with van der Waals surface area (Å²) in [6.07, 6.45) is 3.11. The number of hydrogen-bond acceptors (Lipinski definition) is 3. The van der Waals surface area contributed by atoms with Crippen LogP contribution in [0, 0.1) is 0 Å². The van der Waals surface area contributed by atoms with Gasteiger partial charge in [0.05, 0.1) is 11.6 Å². The SMILES string of the molecule is CC(C)c1ccc(CC(NN)C2(C)CCCO2)cc1. The van der Waals surface area contributed by atoms with Gasteiger partial charge in [0.15, 0.2) is 0 Å². The Hall–Kier alpha value is -0.900. The fourth-order valence-corrected chi connectivity index (χ4v) is 2.80. The van der Waals surface area contributed by atoms with Gasteiger partial charge >= 0.3 is 0 Å². The van der Waals surface area contributed by atoms with Crippen molar-refractivity contribution in [2.45, 2.75) is 57.6 Å². The summed E-state index contributed by atoms with van der Waals surface area (Å²) in [5.74, 6) is 6.31. The van der Waals surface area contributed by atoms with Gasteiger partial charge in [-0.15, -0.1) is 0 Å². The molecule has 0 aliphatic carbocycles. The van der Waals surface area contributed by atoms with Gasteiger partial charge in [0.2, 0.25) is 0 Å². The zero-order valence-electron chi connectivity index (χ0n) is 12.3. The zero-order valence-corrected chi connectivity index (χ0v) is 12.3. The van der Waals surface area contributed by atoms with E-state index in [-0.39, 0.29) is 11.6 Å². The smallest absolute Gasteiger partial charge is 0.0824 e. The molecule has 1 fully saturated rings. The summed E-state index contributed by atoms with van der Waals surface area (Å²) in [6, 6.07) is 9.01. The summed E-state index contributed by atoms with van der Waals surface area (Å²) in [7, 11) is 0. The van der Waals surface area contributed by atoms with Crippen molar-refractivity contribution < 1.29 is 4.74 Å². The first kappa shape index (κ1) is 14.5. The van der Waals surface area contributed by atoms with E-state index in [9.17, 15) is 0 Å². The van der Waals surface area contributed by atoms with Gasteiger partial charge in [-0.05, 0) is 43.2 Å². The number of hydrazine groups is 1. The number of benzene rings is 1. The Morgan fingerprint density at radius 2 is 2.00 bits per heavy atom. The first-order valence-corrected chi connectivity index (χ1v) is 7.24. The second-order valence-electron chi connectivity index (χ2n) is 6.08. The van der Waals surface area contributed by atoms with Crippen LogP contribution in [0.3, 0.4) is 0 Å². The highest BCUT2D eigenvalue weighted by Crippen LogP contribution is 2.30. The molecule has 1 aromatic rings. The Morgan fingerprint density at radius 1 is 1.32 bits per heavy atom. The van der Waals surface area contributed by atoms with Gasteiger partial charge in [0.1, 0.15) is 0 Å². The van der Waals surface area contributed by atoms with Crippen LogP contribution in [-0.4, -0.2) is 18.2 Å². The summed E-state index contributed by atoms with van der Waals surface area (Å²) >= 11 is 0. The number of nitrogens with one attached hydrogen (secondary N) is 1. The average molecular weight is 262 g/mol. The third-order valence-electron chi connectivity index (χ3n) is 4.27. The quantitative estimate of drug-likeness (QED) is 0.633. The molecule has 0 bridgehead atoms. The fourth-order valence-electron chi connectivity index (χ4n) is 2.80. The minimum Gasteiger partial charge on any atom is -0.374 e. The third-order valence-corrected chi connectivity index (χ3v) is 4.27. The van der Waals surface area contributed by atoms with Crippen LogP contribution < -0.4 is 11.3 Å². The van der Waals surface area contributed by atoms with Gasteiger partial charge in [0.25, 0.3) is 0 Å². The number of rotatable bonds is 5. The van der Waals surface area contributed by atoms with Crippen molar-refractivity contribution in [3.05, 3.63) is 35.4 Å². The van der Waals surface area contributed by atoms with Crippen molar-refractivity contribution in [2.75, 3.05) is 6.61 Å². The molecule has 1 heterocycles. The van der Waals surface area contributed by atoms with Gasteiger partial charge < -0.3 is 4.74 Å².